The number of H-pyrrole nitrogens is 1. The van der Waals surface area contributed by atoms with Crippen molar-refractivity contribution in [2.45, 2.75) is 39.5 Å². The summed E-state index contributed by atoms with van der Waals surface area (Å²) in [5, 5.41) is 0. The van der Waals surface area contributed by atoms with Gasteiger partial charge in [0.25, 0.3) is 0 Å². The fourth-order valence-corrected chi connectivity index (χ4v) is 2.78. The van der Waals surface area contributed by atoms with Crippen LogP contribution >= 0.6 is 0 Å². The number of aromatic nitrogens is 4. The zero-order chi connectivity index (χ0) is 13.6. The van der Waals surface area contributed by atoms with Crippen LogP contribution in [0.4, 0.5) is 0 Å². The largest absolute Gasteiger partial charge is 0.408 e. The van der Waals surface area contributed by atoms with Crippen LogP contribution < -0.4 is 5.56 Å². The van der Waals surface area contributed by atoms with Gasteiger partial charge in [-0.2, -0.15) is 0 Å². The minimum absolute atomic E-state index is 0. The van der Waals surface area contributed by atoms with Crippen molar-refractivity contribution >= 4 is 11.2 Å². The number of hydrogen-bond acceptors (Lipinski definition) is 4. The maximum absolute atomic E-state index is 11.6. The molecule has 0 saturated carbocycles. The van der Waals surface area contributed by atoms with Crippen molar-refractivity contribution in [1.29, 1.82) is 0 Å². The van der Waals surface area contributed by atoms with E-state index in [2.05, 4.69) is 42.1 Å². The third-order valence-electron chi connectivity index (χ3n) is 4.14. The summed E-state index contributed by atoms with van der Waals surface area (Å²) in [4.78, 5) is 22.4. The molecule has 0 bridgehead atoms. The van der Waals surface area contributed by atoms with E-state index in [0.717, 1.165) is 6.42 Å². The third-order valence-corrected chi connectivity index (χ3v) is 4.14. The van der Waals surface area contributed by atoms with Gasteiger partial charge in [-0.15, -0.1) is 0 Å². The first-order valence-electron chi connectivity index (χ1n) is 6.62. The molecule has 7 heteroatoms. The van der Waals surface area contributed by atoms with Gasteiger partial charge in [0.2, 0.25) is 5.56 Å². The van der Waals surface area contributed by atoms with Crippen molar-refractivity contribution in [3.8, 4) is 0 Å². The van der Waals surface area contributed by atoms with Crippen LogP contribution in [0.1, 0.15) is 33.4 Å². The van der Waals surface area contributed by atoms with E-state index in [4.69, 9.17) is 4.74 Å². The maximum Gasteiger partial charge on any atom is 0.210 e. The molecule has 1 N–H and O–H groups in total. The normalized spacial score (nSPS) is 29.6. The topological polar surface area (TPSA) is 72.8 Å². The summed E-state index contributed by atoms with van der Waals surface area (Å²) >= 11 is 0. The first-order valence-corrected chi connectivity index (χ1v) is 6.62. The smallest absolute Gasteiger partial charge is 0.210 e. The predicted octanol–water partition coefficient (Wildman–Crippen LogP) is 1.50. The van der Waals surface area contributed by atoms with E-state index in [0.29, 0.717) is 23.0 Å². The molecule has 3 rings (SSSR count). The number of imidazole rings is 1. The average Bonchev–Trinajstić information content (AvgIpc) is 2.94. The van der Waals surface area contributed by atoms with Crippen molar-refractivity contribution < 1.29 is 35.9 Å². The van der Waals surface area contributed by atoms with Crippen LogP contribution in [0.5, 0.6) is 0 Å². The molecule has 0 aliphatic carbocycles. The molecular weight excluding hydrogens is 482 g/mol. The van der Waals surface area contributed by atoms with Crippen LogP contribution in [0.15, 0.2) is 11.1 Å². The zero-order valence-electron chi connectivity index (χ0n) is 11.8. The standard InChI is InChI=1S/C13H17N4O2.U/c1-4-9-7(2)8(3)13(19-9)17-6-16-10-11(17)14-5-15-12(10)18;/h5,7-9,13H,4H2,1-3H3,(H,14,15,18);/q-1;/t7-,8?,9+,13+;/m0./s1. The number of hydrogen-bond donors (Lipinski definition) is 1. The van der Waals surface area contributed by atoms with Crippen molar-refractivity contribution in [2.75, 3.05) is 0 Å². The second kappa shape index (κ2) is 6.00. The van der Waals surface area contributed by atoms with Gasteiger partial charge in [0.05, 0.1) is 12.4 Å². The molecule has 1 fully saturated rings. The summed E-state index contributed by atoms with van der Waals surface area (Å²) < 4.78 is 7.82. The number of aromatic amines is 1. The van der Waals surface area contributed by atoms with Gasteiger partial charge in [0, 0.05) is 54.5 Å². The summed E-state index contributed by atoms with van der Waals surface area (Å²) in [6.45, 7) is 6.46. The molecule has 0 spiro atoms. The number of rotatable bonds is 2. The quantitative estimate of drug-likeness (QED) is 0.637. The Hall–Kier alpha value is -0.638. The molecule has 2 aromatic rings. The minimum Gasteiger partial charge on any atom is -0.408 e. The molecule has 1 aliphatic rings. The Bertz CT molecular complexity index is 653. The Labute approximate surface area is 140 Å². The molecular formula is C13H17N4O2U-. The van der Waals surface area contributed by atoms with Gasteiger partial charge in [-0.05, 0) is 12.3 Å². The van der Waals surface area contributed by atoms with Gasteiger partial charge >= 0.3 is 0 Å². The van der Waals surface area contributed by atoms with E-state index in [1.165, 1.54) is 6.33 Å². The van der Waals surface area contributed by atoms with E-state index in [1.807, 2.05) is 0 Å². The van der Waals surface area contributed by atoms with Crippen LogP contribution in [0.2, 0.25) is 0 Å². The fraction of sp³-hybridized carbons (Fsp3) is 0.615. The predicted molar refractivity (Wildman–Crippen MR) is 69.5 cm³/mol. The Morgan fingerprint density at radius 3 is 2.85 bits per heavy atom. The van der Waals surface area contributed by atoms with Gasteiger partial charge < -0.3 is 19.3 Å². The summed E-state index contributed by atoms with van der Waals surface area (Å²) in [6, 6.07) is 0. The second-order valence-corrected chi connectivity index (χ2v) is 5.18. The first-order chi connectivity index (χ1) is 9.13. The monoisotopic (exact) mass is 499 g/mol. The molecule has 106 valence electrons. The maximum atomic E-state index is 11.6. The van der Waals surface area contributed by atoms with Crippen molar-refractivity contribution in [1.82, 2.24) is 19.5 Å². The Balaban J connectivity index is 0.00000147. The molecule has 2 aromatic heterocycles. The van der Waals surface area contributed by atoms with Crippen molar-refractivity contribution in [3.63, 3.8) is 0 Å². The van der Waals surface area contributed by atoms with Gasteiger partial charge in [0.15, 0.2) is 0 Å². The molecule has 0 aromatic carbocycles. The Morgan fingerprint density at radius 1 is 1.45 bits per heavy atom. The van der Waals surface area contributed by atoms with Gasteiger partial charge in [-0.25, -0.2) is 0 Å². The molecule has 1 unspecified atom stereocenters. The van der Waals surface area contributed by atoms with E-state index in [1.54, 1.807) is 4.57 Å². The Morgan fingerprint density at radius 2 is 2.20 bits per heavy atom. The van der Waals surface area contributed by atoms with Crippen LogP contribution in [0.25, 0.3) is 11.2 Å². The summed E-state index contributed by atoms with van der Waals surface area (Å²) in [5.74, 6) is 0.794. The van der Waals surface area contributed by atoms with E-state index in [9.17, 15) is 4.79 Å². The average molecular weight is 499 g/mol. The summed E-state index contributed by atoms with van der Waals surface area (Å²) in [5.41, 5.74) is 0.598. The number of fused-ring (bicyclic) bond motifs is 1. The van der Waals surface area contributed by atoms with Gasteiger partial charge in [-0.1, -0.05) is 20.8 Å². The van der Waals surface area contributed by atoms with Crippen LogP contribution in [-0.4, -0.2) is 25.6 Å². The molecule has 1 aliphatic heterocycles. The number of ether oxygens (including phenoxy) is 1. The molecule has 6 nitrogen and oxygen atoms in total. The summed E-state index contributed by atoms with van der Waals surface area (Å²) in [6.07, 6.45) is 5.29. The van der Waals surface area contributed by atoms with Crippen LogP contribution in [0, 0.1) is 49.3 Å². The molecule has 0 radical (unpaired) electrons. The number of nitrogens with zero attached hydrogens (tertiary/aromatic N) is 3. The SMILES string of the molecule is CC[C@H]1O[C@@H](n2[c-]nc3c(=O)[nH]cnc32)C(C)[C@@H]1C.[U]. The number of nitrogens with one attached hydrogen (secondary N) is 1. The van der Waals surface area contributed by atoms with E-state index >= 15 is 0 Å². The molecule has 4 atom stereocenters. The second-order valence-electron chi connectivity index (χ2n) is 5.18. The van der Waals surface area contributed by atoms with Gasteiger partial charge in [0.1, 0.15) is 6.23 Å². The van der Waals surface area contributed by atoms with Crippen molar-refractivity contribution in [3.05, 3.63) is 23.0 Å². The minimum atomic E-state index is -0.245. The van der Waals surface area contributed by atoms with Crippen LogP contribution in [0.3, 0.4) is 0 Å². The zero-order valence-corrected chi connectivity index (χ0v) is 15.9. The fourth-order valence-electron chi connectivity index (χ4n) is 2.78. The van der Waals surface area contributed by atoms with E-state index < -0.39 is 0 Å². The third kappa shape index (κ3) is 2.36. The molecule has 1 saturated heterocycles. The van der Waals surface area contributed by atoms with E-state index in [-0.39, 0.29) is 49.0 Å². The van der Waals surface area contributed by atoms with Crippen LogP contribution in [-0.2, 0) is 4.74 Å². The van der Waals surface area contributed by atoms with Gasteiger partial charge in [-0.3, -0.25) is 9.78 Å². The van der Waals surface area contributed by atoms with Crippen molar-refractivity contribution in [2.24, 2.45) is 11.8 Å². The molecule has 20 heavy (non-hydrogen) atoms. The summed E-state index contributed by atoms with van der Waals surface area (Å²) in [7, 11) is 0. The molecule has 3 heterocycles. The Kier molecular flexibility index (Phi) is 4.73. The molecule has 0 amide bonds. The first kappa shape index (κ1) is 15.7.